The molecule has 2 aromatic carbocycles. The molecule has 2 heterocycles. The van der Waals surface area contributed by atoms with Crippen LogP contribution in [-0.4, -0.2) is 34.4 Å². The van der Waals surface area contributed by atoms with Crippen LogP contribution in [0.2, 0.25) is 0 Å². The molecule has 0 bridgehead atoms. The van der Waals surface area contributed by atoms with Crippen LogP contribution in [0.5, 0.6) is 0 Å². The molecule has 1 N–H and O–H groups in total. The summed E-state index contributed by atoms with van der Waals surface area (Å²) in [6.07, 6.45) is 3.68. The lowest BCUT2D eigenvalue weighted by Gasteiger charge is -2.30. The lowest BCUT2D eigenvalue weighted by molar-refractivity contribution is -0.116. The van der Waals surface area contributed by atoms with E-state index in [0.717, 1.165) is 24.0 Å². The summed E-state index contributed by atoms with van der Waals surface area (Å²) in [6.45, 7) is 3.61. The number of hydrogen-bond acceptors (Lipinski definition) is 3. The zero-order valence-electron chi connectivity index (χ0n) is 19.7. The Morgan fingerprint density at radius 2 is 1.53 bits per heavy atom. The number of nitrogens with zero attached hydrogens (tertiary/aromatic N) is 2. The Morgan fingerprint density at radius 1 is 0.971 bits per heavy atom. The Labute approximate surface area is 200 Å². The van der Waals surface area contributed by atoms with Gasteiger partial charge in [0.25, 0.3) is 11.5 Å². The summed E-state index contributed by atoms with van der Waals surface area (Å²) < 4.78 is 1.36. The van der Waals surface area contributed by atoms with Crippen molar-refractivity contribution < 1.29 is 9.59 Å². The molecule has 4 rings (SSSR count). The number of benzene rings is 2. The van der Waals surface area contributed by atoms with Crippen LogP contribution in [0.15, 0.2) is 77.7 Å². The maximum Gasteiger partial charge on any atom is 0.274 e. The summed E-state index contributed by atoms with van der Waals surface area (Å²) >= 11 is 0. The predicted molar refractivity (Wildman–Crippen MR) is 134 cm³/mol. The molecule has 176 valence electrons. The van der Waals surface area contributed by atoms with Gasteiger partial charge in [-0.3, -0.25) is 14.4 Å². The first-order valence-electron chi connectivity index (χ1n) is 11.8. The van der Waals surface area contributed by atoms with Crippen LogP contribution >= 0.6 is 0 Å². The van der Waals surface area contributed by atoms with Gasteiger partial charge in [-0.05, 0) is 36.0 Å². The van der Waals surface area contributed by atoms with Gasteiger partial charge in [0, 0.05) is 38.7 Å². The molecule has 1 aliphatic heterocycles. The van der Waals surface area contributed by atoms with E-state index in [1.54, 1.807) is 13.2 Å². The second-order valence-electron chi connectivity index (χ2n) is 9.16. The van der Waals surface area contributed by atoms with Crippen LogP contribution in [0.25, 0.3) is 0 Å². The molecule has 3 aromatic rings. The van der Waals surface area contributed by atoms with Crippen molar-refractivity contribution in [2.24, 2.45) is 13.0 Å². The number of nitrogens with one attached hydrogen (secondary N) is 1. The molecule has 1 saturated heterocycles. The van der Waals surface area contributed by atoms with Crippen molar-refractivity contribution in [2.45, 2.75) is 32.1 Å². The van der Waals surface area contributed by atoms with E-state index in [1.807, 2.05) is 65.6 Å². The average Bonchev–Trinajstić information content (AvgIpc) is 2.86. The van der Waals surface area contributed by atoms with E-state index in [2.05, 4.69) is 12.2 Å². The highest BCUT2D eigenvalue weighted by molar-refractivity contribution is 5.97. The van der Waals surface area contributed by atoms with Crippen LogP contribution in [-0.2, 0) is 11.8 Å². The fourth-order valence-electron chi connectivity index (χ4n) is 4.50. The SMILES string of the molecule is CC1CCN(C(=O)c2cc(NC(=O)CC(c3ccccc3)c3ccccc3)c(=O)n(C)c2)CC1. The number of pyridine rings is 1. The normalized spacial score (nSPS) is 14.3. The Bertz CT molecular complexity index is 1160. The molecule has 34 heavy (non-hydrogen) atoms. The third-order valence-electron chi connectivity index (χ3n) is 6.57. The molecular weight excluding hydrogens is 426 g/mol. The second-order valence-corrected chi connectivity index (χ2v) is 9.16. The van der Waals surface area contributed by atoms with E-state index >= 15 is 0 Å². The van der Waals surface area contributed by atoms with Crippen molar-refractivity contribution in [3.05, 3.63) is 100.0 Å². The summed E-state index contributed by atoms with van der Waals surface area (Å²) in [4.78, 5) is 40.7. The smallest absolute Gasteiger partial charge is 0.274 e. The zero-order valence-corrected chi connectivity index (χ0v) is 19.7. The summed E-state index contributed by atoms with van der Waals surface area (Å²) in [5.41, 5.74) is 2.26. The third kappa shape index (κ3) is 5.45. The van der Waals surface area contributed by atoms with Gasteiger partial charge < -0.3 is 14.8 Å². The molecule has 0 spiro atoms. The molecule has 6 heteroatoms. The molecular formula is C28H31N3O3. The van der Waals surface area contributed by atoms with Crippen LogP contribution in [0.4, 0.5) is 5.69 Å². The highest BCUT2D eigenvalue weighted by Crippen LogP contribution is 2.28. The molecule has 6 nitrogen and oxygen atoms in total. The van der Waals surface area contributed by atoms with Gasteiger partial charge in [0.15, 0.2) is 0 Å². The number of carbonyl (C=O) groups is 2. The minimum atomic E-state index is -0.340. The first-order chi connectivity index (χ1) is 16.4. The van der Waals surface area contributed by atoms with E-state index < -0.39 is 0 Å². The Balaban J connectivity index is 1.55. The van der Waals surface area contributed by atoms with Crippen molar-refractivity contribution in [1.82, 2.24) is 9.47 Å². The maximum atomic E-state index is 13.1. The largest absolute Gasteiger partial charge is 0.339 e. The number of anilines is 1. The average molecular weight is 458 g/mol. The highest BCUT2D eigenvalue weighted by atomic mass is 16.2. The summed E-state index contributed by atoms with van der Waals surface area (Å²) in [5, 5.41) is 2.78. The summed E-state index contributed by atoms with van der Waals surface area (Å²) in [5.74, 6) is 0.0864. The topological polar surface area (TPSA) is 71.4 Å². The third-order valence-corrected chi connectivity index (χ3v) is 6.57. The minimum Gasteiger partial charge on any atom is -0.339 e. The molecule has 0 saturated carbocycles. The van der Waals surface area contributed by atoms with E-state index in [4.69, 9.17) is 0 Å². The molecule has 0 atom stereocenters. The van der Waals surface area contributed by atoms with Gasteiger partial charge in [-0.25, -0.2) is 0 Å². The molecule has 0 radical (unpaired) electrons. The standard InChI is InChI=1S/C28H31N3O3/c1-20-13-15-31(16-14-20)27(33)23-17-25(28(34)30(2)19-23)29-26(32)18-24(21-9-5-3-6-10-21)22-11-7-4-8-12-22/h3-12,17,19-20,24H,13-16,18H2,1-2H3,(H,29,32). The van der Waals surface area contributed by atoms with Gasteiger partial charge in [-0.2, -0.15) is 0 Å². The van der Waals surface area contributed by atoms with E-state index in [9.17, 15) is 14.4 Å². The number of likely N-dealkylation sites (tertiary alicyclic amines) is 1. The molecule has 1 aliphatic rings. The molecule has 2 amide bonds. The van der Waals surface area contributed by atoms with Crippen molar-refractivity contribution in [1.29, 1.82) is 0 Å². The van der Waals surface area contributed by atoms with Crippen LogP contribution in [0, 0.1) is 5.92 Å². The predicted octanol–water partition coefficient (Wildman–Crippen LogP) is 4.42. The maximum absolute atomic E-state index is 13.1. The van der Waals surface area contributed by atoms with Crippen molar-refractivity contribution >= 4 is 17.5 Å². The number of hydrogen-bond donors (Lipinski definition) is 1. The van der Waals surface area contributed by atoms with Crippen molar-refractivity contribution in [3.8, 4) is 0 Å². The van der Waals surface area contributed by atoms with Gasteiger partial charge in [-0.15, -0.1) is 0 Å². The number of carbonyl (C=O) groups excluding carboxylic acids is 2. The fourth-order valence-corrected chi connectivity index (χ4v) is 4.50. The monoisotopic (exact) mass is 457 g/mol. The van der Waals surface area contributed by atoms with Gasteiger partial charge >= 0.3 is 0 Å². The van der Waals surface area contributed by atoms with E-state index in [-0.39, 0.29) is 35.4 Å². The first kappa shape index (κ1) is 23.5. The minimum absolute atomic E-state index is 0.107. The fraction of sp³-hybridized carbons (Fsp3) is 0.321. The van der Waals surface area contributed by atoms with Crippen LogP contribution in [0.3, 0.4) is 0 Å². The molecule has 0 aliphatic carbocycles. The Kier molecular flexibility index (Phi) is 7.26. The Morgan fingerprint density at radius 3 is 2.09 bits per heavy atom. The Hall–Kier alpha value is -3.67. The lowest BCUT2D eigenvalue weighted by Crippen LogP contribution is -2.38. The number of aromatic nitrogens is 1. The summed E-state index contributed by atoms with van der Waals surface area (Å²) in [6, 6.07) is 21.2. The van der Waals surface area contributed by atoms with E-state index in [0.29, 0.717) is 24.6 Å². The van der Waals surface area contributed by atoms with Gasteiger partial charge in [0.05, 0.1) is 5.56 Å². The van der Waals surface area contributed by atoms with Crippen LogP contribution in [0.1, 0.15) is 53.6 Å². The molecule has 1 aromatic heterocycles. The highest BCUT2D eigenvalue weighted by Gasteiger charge is 2.24. The molecule has 1 fully saturated rings. The zero-order chi connectivity index (χ0) is 24.1. The van der Waals surface area contributed by atoms with E-state index in [1.165, 1.54) is 10.6 Å². The quantitative estimate of drug-likeness (QED) is 0.596. The lowest BCUT2D eigenvalue weighted by atomic mass is 9.88. The summed E-state index contributed by atoms with van der Waals surface area (Å²) in [7, 11) is 1.60. The number of piperidine rings is 1. The van der Waals surface area contributed by atoms with Gasteiger partial charge in [0.1, 0.15) is 5.69 Å². The number of rotatable bonds is 6. The van der Waals surface area contributed by atoms with Gasteiger partial charge in [0.2, 0.25) is 5.91 Å². The van der Waals surface area contributed by atoms with Crippen LogP contribution < -0.4 is 10.9 Å². The second kappa shape index (κ2) is 10.5. The molecule has 0 unspecified atom stereocenters. The number of aryl methyl sites for hydroxylation is 1. The number of amides is 2. The first-order valence-corrected chi connectivity index (χ1v) is 11.8. The van der Waals surface area contributed by atoms with Crippen molar-refractivity contribution in [2.75, 3.05) is 18.4 Å². The van der Waals surface area contributed by atoms with Gasteiger partial charge in [-0.1, -0.05) is 67.6 Å². The van der Waals surface area contributed by atoms with Crippen molar-refractivity contribution in [3.63, 3.8) is 0 Å².